The van der Waals surface area contributed by atoms with E-state index in [0.717, 1.165) is 24.4 Å². The van der Waals surface area contributed by atoms with Gasteiger partial charge in [0.2, 0.25) is 5.91 Å². The van der Waals surface area contributed by atoms with Gasteiger partial charge in [-0.3, -0.25) is 4.79 Å². The van der Waals surface area contributed by atoms with Crippen molar-refractivity contribution in [3.63, 3.8) is 0 Å². The van der Waals surface area contributed by atoms with Gasteiger partial charge in [-0.15, -0.1) is 0 Å². The molecule has 1 saturated heterocycles. The Morgan fingerprint density at radius 1 is 1.25 bits per heavy atom. The first kappa shape index (κ1) is 13.6. The fraction of sp³-hybridized carbons (Fsp3) is 0.588. The largest absolute Gasteiger partial charge is 0.373 e. The fourth-order valence-electron chi connectivity index (χ4n) is 3.33. The smallest absolute Gasteiger partial charge is 0.232 e. The maximum atomic E-state index is 12.4. The molecule has 1 spiro atoms. The van der Waals surface area contributed by atoms with Crippen LogP contribution in [0.4, 0.5) is 5.69 Å². The number of ether oxygens (including phenoxy) is 1. The van der Waals surface area contributed by atoms with E-state index in [4.69, 9.17) is 4.74 Å². The van der Waals surface area contributed by atoms with E-state index < -0.39 is 0 Å². The van der Waals surface area contributed by atoms with Crippen molar-refractivity contribution in [3.05, 3.63) is 29.8 Å². The summed E-state index contributed by atoms with van der Waals surface area (Å²) in [5.74, 6) is 0.914. The summed E-state index contributed by atoms with van der Waals surface area (Å²) in [7, 11) is 0. The molecule has 3 nitrogen and oxygen atoms in total. The minimum atomic E-state index is -0.165. The van der Waals surface area contributed by atoms with Crippen LogP contribution in [0.3, 0.4) is 0 Å². The number of hydrogen-bond donors (Lipinski definition) is 1. The number of anilines is 1. The summed E-state index contributed by atoms with van der Waals surface area (Å²) in [5, 5.41) is 3.03. The lowest BCUT2D eigenvalue weighted by atomic mass is 9.69. The summed E-state index contributed by atoms with van der Waals surface area (Å²) in [4.78, 5) is 12.4. The molecule has 1 unspecified atom stereocenters. The van der Waals surface area contributed by atoms with E-state index in [2.05, 4.69) is 12.2 Å². The second-order valence-electron chi connectivity index (χ2n) is 6.47. The minimum absolute atomic E-state index is 0.0244. The van der Waals surface area contributed by atoms with Gasteiger partial charge in [0, 0.05) is 5.69 Å². The van der Waals surface area contributed by atoms with Gasteiger partial charge in [0.15, 0.2) is 0 Å². The van der Waals surface area contributed by atoms with Crippen molar-refractivity contribution in [2.75, 3.05) is 11.9 Å². The van der Waals surface area contributed by atoms with E-state index in [9.17, 15) is 4.79 Å². The quantitative estimate of drug-likeness (QED) is 0.895. The molecule has 0 aromatic heterocycles. The van der Waals surface area contributed by atoms with Crippen LogP contribution in [-0.4, -0.2) is 18.1 Å². The van der Waals surface area contributed by atoms with Crippen molar-refractivity contribution in [1.29, 1.82) is 0 Å². The van der Waals surface area contributed by atoms with Crippen LogP contribution in [-0.2, 0) is 9.53 Å². The van der Waals surface area contributed by atoms with Gasteiger partial charge in [0.1, 0.15) is 0 Å². The lowest BCUT2D eigenvalue weighted by Crippen LogP contribution is -2.59. The number of benzene rings is 1. The first-order valence-electron chi connectivity index (χ1n) is 7.60. The Morgan fingerprint density at radius 3 is 2.45 bits per heavy atom. The zero-order valence-electron chi connectivity index (χ0n) is 12.3. The molecule has 3 heteroatoms. The maximum absolute atomic E-state index is 12.4. The lowest BCUT2D eigenvalue weighted by Gasteiger charge is -2.51. The van der Waals surface area contributed by atoms with Gasteiger partial charge in [0.05, 0.1) is 18.1 Å². The molecule has 1 heterocycles. The van der Waals surface area contributed by atoms with Gasteiger partial charge in [-0.05, 0) is 50.7 Å². The molecule has 20 heavy (non-hydrogen) atoms. The summed E-state index contributed by atoms with van der Waals surface area (Å²) in [6.07, 6.45) is 4.41. The highest BCUT2D eigenvalue weighted by molar-refractivity contribution is 5.94. The first-order chi connectivity index (χ1) is 9.59. The van der Waals surface area contributed by atoms with Crippen LogP contribution in [0.5, 0.6) is 0 Å². The third-order valence-electron chi connectivity index (χ3n) is 4.93. The van der Waals surface area contributed by atoms with Gasteiger partial charge in [-0.2, -0.15) is 0 Å². The standard InChI is InChI=1S/C17H23NO2/c1-12-3-5-14(6-4-12)18-16(19)15-11-20-17(15)9-7-13(2)8-10-17/h3-6,13,15H,7-11H2,1-2H3,(H,18,19). The Hall–Kier alpha value is -1.35. The van der Waals surface area contributed by atoms with Gasteiger partial charge in [-0.25, -0.2) is 0 Å². The predicted molar refractivity (Wildman–Crippen MR) is 79.6 cm³/mol. The highest BCUT2D eigenvalue weighted by Crippen LogP contribution is 2.46. The predicted octanol–water partition coefficient (Wildman–Crippen LogP) is 3.53. The second-order valence-corrected chi connectivity index (χ2v) is 6.47. The van der Waals surface area contributed by atoms with E-state index in [1.165, 1.54) is 18.4 Å². The number of carbonyl (C=O) groups excluding carboxylic acids is 1. The van der Waals surface area contributed by atoms with Crippen molar-refractivity contribution in [2.24, 2.45) is 11.8 Å². The van der Waals surface area contributed by atoms with Crippen LogP contribution in [0, 0.1) is 18.8 Å². The molecule has 1 N–H and O–H groups in total. The first-order valence-corrected chi connectivity index (χ1v) is 7.60. The molecule has 1 aromatic carbocycles. The van der Waals surface area contributed by atoms with E-state index in [1.54, 1.807) is 0 Å². The van der Waals surface area contributed by atoms with Gasteiger partial charge >= 0.3 is 0 Å². The summed E-state index contributed by atoms with van der Waals surface area (Å²) in [6.45, 7) is 4.91. The van der Waals surface area contributed by atoms with E-state index >= 15 is 0 Å². The normalized spacial score (nSPS) is 32.7. The van der Waals surface area contributed by atoms with Crippen LogP contribution >= 0.6 is 0 Å². The molecule has 0 bridgehead atoms. The average Bonchev–Trinajstić information content (AvgIpc) is 2.41. The molecule has 1 aliphatic carbocycles. The summed E-state index contributed by atoms with van der Waals surface area (Å²) in [6, 6.07) is 7.96. The zero-order chi connectivity index (χ0) is 14.2. The zero-order valence-corrected chi connectivity index (χ0v) is 12.3. The summed E-state index contributed by atoms with van der Waals surface area (Å²) < 4.78 is 5.84. The van der Waals surface area contributed by atoms with Gasteiger partial charge in [-0.1, -0.05) is 24.6 Å². The number of carbonyl (C=O) groups is 1. The summed E-state index contributed by atoms with van der Waals surface area (Å²) in [5.41, 5.74) is 1.92. The molecule has 2 fully saturated rings. The maximum Gasteiger partial charge on any atom is 0.232 e. The molecule has 0 radical (unpaired) electrons. The molecule has 108 valence electrons. The number of hydrogen-bond acceptors (Lipinski definition) is 2. The van der Waals surface area contributed by atoms with Gasteiger partial charge < -0.3 is 10.1 Å². The minimum Gasteiger partial charge on any atom is -0.373 e. The molecule has 1 atom stereocenters. The average molecular weight is 273 g/mol. The topological polar surface area (TPSA) is 38.3 Å². The lowest BCUT2D eigenvalue weighted by molar-refractivity contribution is -0.218. The third-order valence-corrected chi connectivity index (χ3v) is 4.93. The Morgan fingerprint density at radius 2 is 1.90 bits per heavy atom. The Kier molecular flexibility index (Phi) is 3.55. The van der Waals surface area contributed by atoms with Crippen LogP contribution in [0.25, 0.3) is 0 Å². The van der Waals surface area contributed by atoms with E-state index in [1.807, 2.05) is 31.2 Å². The SMILES string of the molecule is Cc1ccc(NC(=O)C2COC23CCC(C)CC3)cc1. The molecular formula is C17H23NO2. The van der Waals surface area contributed by atoms with Crippen LogP contribution in [0.15, 0.2) is 24.3 Å². The summed E-state index contributed by atoms with van der Waals surface area (Å²) >= 11 is 0. The van der Waals surface area contributed by atoms with Crippen LogP contribution < -0.4 is 5.32 Å². The van der Waals surface area contributed by atoms with Crippen molar-refractivity contribution in [1.82, 2.24) is 0 Å². The second kappa shape index (κ2) is 5.21. The molecule has 3 rings (SSSR count). The van der Waals surface area contributed by atoms with Crippen molar-refractivity contribution >= 4 is 11.6 Å². The van der Waals surface area contributed by atoms with Crippen molar-refractivity contribution in [3.8, 4) is 0 Å². The fourth-order valence-corrected chi connectivity index (χ4v) is 3.33. The van der Waals surface area contributed by atoms with Crippen LogP contribution in [0.2, 0.25) is 0 Å². The van der Waals surface area contributed by atoms with Gasteiger partial charge in [0.25, 0.3) is 0 Å². The molecule has 1 saturated carbocycles. The Labute approximate surface area is 120 Å². The Balaban J connectivity index is 1.64. The number of amides is 1. The number of nitrogens with one attached hydrogen (secondary N) is 1. The number of rotatable bonds is 2. The number of aryl methyl sites for hydroxylation is 1. The molecule has 1 amide bonds. The van der Waals surface area contributed by atoms with Crippen LogP contribution in [0.1, 0.15) is 38.2 Å². The monoisotopic (exact) mass is 273 g/mol. The molecule has 1 aromatic rings. The third kappa shape index (κ3) is 2.47. The van der Waals surface area contributed by atoms with E-state index in [-0.39, 0.29) is 17.4 Å². The molecular weight excluding hydrogens is 250 g/mol. The van der Waals surface area contributed by atoms with E-state index in [0.29, 0.717) is 6.61 Å². The highest BCUT2D eigenvalue weighted by atomic mass is 16.5. The van der Waals surface area contributed by atoms with Crippen molar-refractivity contribution < 1.29 is 9.53 Å². The highest BCUT2D eigenvalue weighted by Gasteiger charge is 2.53. The Bertz CT molecular complexity index is 486. The molecule has 1 aliphatic heterocycles. The van der Waals surface area contributed by atoms with Crippen molar-refractivity contribution in [2.45, 2.75) is 45.1 Å². The molecule has 2 aliphatic rings.